The minimum absolute atomic E-state index is 0.0739. The summed E-state index contributed by atoms with van der Waals surface area (Å²) < 4.78 is 16.6. The Balaban J connectivity index is 1.96. The number of hydrazone groups is 1. The van der Waals surface area contributed by atoms with Gasteiger partial charge < -0.3 is 25.3 Å². The fourth-order valence-corrected chi connectivity index (χ4v) is 2.36. The standard InChI is InChI=1S/C20H24N4O4S/c1-3-26-16-8-6-15(7-9-16)23-19(25)13-28-17-10-5-14(11-18(17)27-4-2)12-22-24-20(21)29/h5-12H,3-4,13H2,1-2H3,(H,23,25)(H3,21,24,29). The molecule has 0 spiro atoms. The van der Waals surface area contributed by atoms with Crippen molar-refractivity contribution in [1.29, 1.82) is 0 Å². The first-order valence-electron chi connectivity index (χ1n) is 9.02. The summed E-state index contributed by atoms with van der Waals surface area (Å²) in [5.41, 5.74) is 9.21. The van der Waals surface area contributed by atoms with Crippen LogP contribution in [0.4, 0.5) is 5.69 Å². The van der Waals surface area contributed by atoms with E-state index in [-0.39, 0.29) is 17.6 Å². The van der Waals surface area contributed by atoms with Gasteiger partial charge in [-0.15, -0.1) is 0 Å². The maximum Gasteiger partial charge on any atom is 0.262 e. The highest BCUT2D eigenvalue weighted by molar-refractivity contribution is 7.80. The van der Waals surface area contributed by atoms with Gasteiger partial charge in [0.15, 0.2) is 23.2 Å². The average molecular weight is 417 g/mol. The number of nitrogens with zero attached hydrogens (tertiary/aromatic N) is 1. The molecule has 1 amide bonds. The van der Waals surface area contributed by atoms with E-state index in [0.29, 0.717) is 30.4 Å². The summed E-state index contributed by atoms with van der Waals surface area (Å²) in [5.74, 6) is 1.41. The maximum absolute atomic E-state index is 12.2. The molecule has 154 valence electrons. The summed E-state index contributed by atoms with van der Waals surface area (Å²) in [6.45, 7) is 4.64. The van der Waals surface area contributed by atoms with Crippen molar-refractivity contribution in [2.24, 2.45) is 10.8 Å². The smallest absolute Gasteiger partial charge is 0.262 e. The van der Waals surface area contributed by atoms with E-state index in [0.717, 1.165) is 11.3 Å². The van der Waals surface area contributed by atoms with Gasteiger partial charge >= 0.3 is 0 Å². The molecule has 0 heterocycles. The number of ether oxygens (including phenoxy) is 3. The van der Waals surface area contributed by atoms with Crippen molar-refractivity contribution in [2.45, 2.75) is 13.8 Å². The average Bonchev–Trinajstić information content (AvgIpc) is 2.69. The van der Waals surface area contributed by atoms with Crippen LogP contribution in [0, 0.1) is 0 Å². The summed E-state index contributed by atoms with van der Waals surface area (Å²) in [6.07, 6.45) is 1.55. The molecule has 0 aliphatic carbocycles. The van der Waals surface area contributed by atoms with E-state index in [1.54, 1.807) is 48.7 Å². The summed E-state index contributed by atoms with van der Waals surface area (Å²) in [4.78, 5) is 12.2. The Hall–Kier alpha value is -3.33. The van der Waals surface area contributed by atoms with E-state index in [2.05, 4.69) is 28.1 Å². The molecule has 4 N–H and O–H groups in total. The second kappa shape index (κ2) is 11.5. The number of hydrogen-bond acceptors (Lipinski definition) is 6. The van der Waals surface area contributed by atoms with E-state index in [1.165, 1.54) is 0 Å². The van der Waals surface area contributed by atoms with Crippen LogP contribution >= 0.6 is 12.2 Å². The third-order valence-electron chi connectivity index (χ3n) is 3.46. The summed E-state index contributed by atoms with van der Waals surface area (Å²) in [7, 11) is 0. The number of benzene rings is 2. The lowest BCUT2D eigenvalue weighted by atomic mass is 10.2. The first-order chi connectivity index (χ1) is 14.0. The maximum atomic E-state index is 12.2. The van der Waals surface area contributed by atoms with Gasteiger partial charge in [0.1, 0.15) is 5.75 Å². The van der Waals surface area contributed by atoms with Gasteiger partial charge in [-0.05, 0) is 74.1 Å². The molecule has 0 saturated heterocycles. The van der Waals surface area contributed by atoms with Crippen LogP contribution in [0.25, 0.3) is 0 Å². The molecule has 8 nitrogen and oxygen atoms in total. The van der Waals surface area contributed by atoms with Crippen LogP contribution in [0.15, 0.2) is 47.6 Å². The van der Waals surface area contributed by atoms with E-state index in [4.69, 9.17) is 19.9 Å². The molecule has 0 bridgehead atoms. The minimum atomic E-state index is -0.289. The van der Waals surface area contributed by atoms with Gasteiger partial charge in [0.25, 0.3) is 5.91 Å². The molecule has 0 aliphatic rings. The highest BCUT2D eigenvalue weighted by Crippen LogP contribution is 2.28. The lowest BCUT2D eigenvalue weighted by Gasteiger charge is -2.13. The zero-order chi connectivity index (χ0) is 21.1. The van der Waals surface area contributed by atoms with Crippen molar-refractivity contribution in [3.8, 4) is 17.2 Å². The van der Waals surface area contributed by atoms with Crippen molar-refractivity contribution < 1.29 is 19.0 Å². The van der Waals surface area contributed by atoms with E-state index in [1.807, 2.05) is 13.8 Å². The molecule has 0 radical (unpaired) electrons. The highest BCUT2D eigenvalue weighted by Gasteiger charge is 2.09. The molecule has 0 atom stereocenters. The largest absolute Gasteiger partial charge is 0.494 e. The summed E-state index contributed by atoms with van der Waals surface area (Å²) in [5, 5.41) is 6.74. The van der Waals surface area contributed by atoms with Gasteiger partial charge in [0.2, 0.25) is 0 Å². The summed E-state index contributed by atoms with van der Waals surface area (Å²) >= 11 is 4.69. The van der Waals surface area contributed by atoms with Crippen molar-refractivity contribution in [2.75, 3.05) is 25.1 Å². The van der Waals surface area contributed by atoms with Crippen LogP contribution in [0.1, 0.15) is 19.4 Å². The number of carbonyl (C=O) groups excluding carboxylic acids is 1. The molecular formula is C20H24N4O4S. The SMILES string of the molecule is CCOc1ccc(NC(=O)COc2ccc(C=NNC(N)=S)cc2OCC)cc1. The fourth-order valence-electron chi connectivity index (χ4n) is 2.30. The first kappa shape index (κ1) is 22.0. The van der Waals surface area contributed by atoms with Crippen LogP contribution in [0.3, 0.4) is 0 Å². The van der Waals surface area contributed by atoms with Crippen LogP contribution in [0.2, 0.25) is 0 Å². The van der Waals surface area contributed by atoms with E-state index in [9.17, 15) is 4.79 Å². The van der Waals surface area contributed by atoms with E-state index >= 15 is 0 Å². The monoisotopic (exact) mass is 416 g/mol. The molecule has 0 unspecified atom stereocenters. The van der Waals surface area contributed by atoms with Gasteiger partial charge in [-0.2, -0.15) is 5.10 Å². The Morgan fingerprint density at radius 3 is 2.45 bits per heavy atom. The second-order valence-electron chi connectivity index (χ2n) is 5.67. The molecule has 0 aromatic heterocycles. The Morgan fingerprint density at radius 1 is 1.07 bits per heavy atom. The van der Waals surface area contributed by atoms with Gasteiger partial charge in [-0.25, -0.2) is 0 Å². The predicted molar refractivity (Wildman–Crippen MR) is 117 cm³/mol. The number of carbonyl (C=O) groups is 1. The number of thiocarbonyl (C=S) groups is 1. The molecule has 2 rings (SSSR count). The summed E-state index contributed by atoms with van der Waals surface area (Å²) in [6, 6.07) is 12.3. The quantitative estimate of drug-likeness (QED) is 0.310. The fraction of sp³-hybridized carbons (Fsp3) is 0.250. The van der Waals surface area contributed by atoms with Crippen molar-refractivity contribution in [1.82, 2.24) is 5.43 Å². The molecule has 2 aromatic carbocycles. The number of amides is 1. The Kier molecular flexibility index (Phi) is 8.71. The molecule has 9 heteroatoms. The van der Waals surface area contributed by atoms with Crippen LogP contribution < -0.4 is 30.7 Å². The zero-order valence-electron chi connectivity index (χ0n) is 16.3. The van der Waals surface area contributed by atoms with E-state index < -0.39 is 0 Å². The molecule has 2 aromatic rings. The lowest BCUT2D eigenvalue weighted by molar-refractivity contribution is -0.118. The second-order valence-corrected chi connectivity index (χ2v) is 6.11. The number of nitrogens with one attached hydrogen (secondary N) is 2. The van der Waals surface area contributed by atoms with Crippen LogP contribution in [0.5, 0.6) is 17.2 Å². The Labute approximate surface area is 175 Å². The third-order valence-corrected chi connectivity index (χ3v) is 3.56. The van der Waals surface area contributed by atoms with Crippen molar-refractivity contribution in [3.63, 3.8) is 0 Å². The minimum Gasteiger partial charge on any atom is -0.494 e. The molecule has 29 heavy (non-hydrogen) atoms. The number of rotatable bonds is 10. The molecule has 0 aliphatic heterocycles. The van der Waals surface area contributed by atoms with Crippen molar-refractivity contribution in [3.05, 3.63) is 48.0 Å². The zero-order valence-corrected chi connectivity index (χ0v) is 17.1. The van der Waals surface area contributed by atoms with Gasteiger partial charge in [-0.3, -0.25) is 10.2 Å². The molecule has 0 fully saturated rings. The predicted octanol–water partition coefficient (Wildman–Crippen LogP) is 2.67. The number of nitrogens with two attached hydrogens (primary N) is 1. The molecular weight excluding hydrogens is 392 g/mol. The number of anilines is 1. The Morgan fingerprint density at radius 2 is 1.79 bits per heavy atom. The lowest BCUT2D eigenvalue weighted by Crippen LogP contribution is -2.24. The highest BCUT2D eigenvalue weighted by atomic mass is 32.1. The molecule has 0 saturated carbocycles. The first-order valence-corrected chi connectivity index (χ1v) is 9.43. The van der Waals surface area contributed by atoms with Gasteiger partial charge in [0.05, 0.1) is 19.4 Å². The normalized spacial score (nSPS) is 10.4. The Bertz CT molecular complexity index is 856. The van der Waals surface area contributed by atoms with Gasteiger partial charge in [0, 0.05) is 5.69 Å². The van der Waals surface area contributed by atoms with Crippen molar-refractivity contribution >= 4 is 35.1 Å². The number of hydrogen-bond donors (Lipinski definition) is 3. The third kappa shape index (κ3) is 7.67. The topological polar surface area (TPSA) is 107 Å². The van der Waals surface area contributed by atoms with Gasteiger partial charge in [-0.1, -0.05) is 0 Å². The van der Waals surface area contributed by atoms with Crippen LogP contribution in [-0.2, 0) is 4.79 Å². The van der Waals surface area contributed by atoms with Crippen LogP contribution in [-0.4, -0.2) is 37.1 Å².